The third-order valence-corrected chi connectivity index (χ3v) is 4.84. The summed E-state index contributed by atoms with van der Waals surface area (Å²) in [5, 5.41) is 15.8. The highest BCUT2D eigenvalue weighted by Gasteiger charge is 2.35. The van der Waals surface area contributed by atoms with Gasteiger partial charge in [-0.3, -0.25) is 20.3 Å². The fourth-order valence-electron chi connectivity index (χ4n) is 2.39. The highest BCUT2D eigenvalue weighted by atomic mass is 32.2. The van der Waals surface area contributed by atoms with Crippen LogP contribution in [0.15, 0.2) is 59.7 Å². The first-order chi connectivity index (χ1) is 11.5. The molecule has 1 unspecified atom stereocenters. The lowest BCUT2D eigenvalue weighted by atomic mass is 10.0. The molecule has 2 aromatic carbocycles. The molecule has 24 heavy (non-hydrogen) atoms. The van der Waals surface area contributed by atoms with Crippen molar-refractivity contribution in [2.45, 2.75) is 18.2 Å². The van der Waals surface area contributed by atoms with Crippen LogP contribution < -0.4 is 5.43 Å². The monoisotopic (exact) mass is 341 g/mol. The molecule has 0 saturated heterocycles. The van der Waals surface area contributed by atoms with Gasteiger partial charge in [-0.05, 0) is 19.1 Å². The van der Waals surface area contributed by atoms with E-state index in [1.165, 1.54) is 36.0 Å². The lowest BCUT2D eigenvalue weighted by Gasteiger charge is -2.21. The topological polar surface area (TPSA) is 84.6 Å². The van der Waals surface area contributed by atoms with Crippen LogP contribution in [0.3, 0.4) is 0 Å². The van der Waals surface area contributed by atoms with Crippen molar-refractivity contribution in [1.82, 2.24) is 5.43 Å². The van der Waals surface area contributed by atoms with Crippen LogP contribution >= 0.6 is 11.8 Å². The smallest absolute Gasteiger partial charge is 0.269 e. The average Bonchev–Trinajstić information content (AvgIpc) is 2.97. The molecule has 0 bridgehead atoms. The quantitative estimate of drug-likeness (QED) is 0.510. The maximum atomic E-state index is 12.5. The van der Waals surface area contributed by atoms with Crippen molar-refractivity contribution >= 4 is 28.3 Å². The number of hydrogen-bond donors (Lipinski definition) is 1. The summed E-state index contributed by atoms with van der Waals surface area (Å²) in [5.74, 6) is -0.0862. The van der Waals surface area contributed by atoms with Crippen LogP contribution in [-0.2, 0) is 0 Å². The van der Waals surface area contributed by atoms with Gasteiger partial charge >= 0.3 is 0 Å². The summed E-state index contributed by atoms with van der Waals surface area (Å²) in [5.41, 5.74) is 4.46. The van der Waals surface area contributed by atoms with Gasteiger partial charge in [0.25, 0.3) is 5.69 Å². The van der Waals surface area contributed by atoms with Crippen LogP contribution in [-0.4, -0.2) is 20.6 Å². The molecule has 1 aliphatic heterocycles. The molecule has 1 heterocycles. The van der Waals surface area contributed by atoms with Gasteiger partial charge in [0, 0.05) is 29.7 Å². The number of carbonyl (C=O) groups is 1. The van der Waals surface area contributed by atoms with Crippen LogP contribution in [0.25, 0.3) is 0 Å². The van der Waals surface area contributed by atoms with Gasteiger partial charge in [-0.1, -0.05) is 42.1 Å². The highest BCUT2D eigenvalue weighted by Crippen LogP contribution is 2.35. The highest BCUT2D eigenvalue weighted by molar-refractivity contribution is 8.15. The Morgan fingerprint density at radius 1 is 1.21 bits per heavy atom. The summed E-state index contributed by atoms with van der Waals surface area (Å²) >= 11 is 1.51. The van der Waals surface area contributed by atoms with Gasteiger partial charge in [0.1, 0.15) is 9.91 Å². The normalized spacial score (nSPS) is 19.5. The van der Waals surface area contributed by atoms with Crippen molar-refractivity contribution in [3.05, 3.63) is 75.8 Å². The number of thioether (sulfide) groups is 1. The minimum Gasteiger partial charge on any atom is -0.294 e. The van der Waals surface area contributed by atoms with Crippen molar-refractivity contribution in [2.24, 2.45) is 5.10 Å². The number of nitro groups is 1. The van der Waals surface area contributed by atoms with E-state index in [0.29, 0.717) is 5.56 Å². The summed E-state index contributed by atoms with van der Waals surface area (Å²) < 4.78 is 0. The number of nitrogens with zero attached hydrogens (tertiary/aromatic N) is 2. The standard InChI is InChI=1S/C17H15N3O3S/c1-17(19-18-16(24-17)13-5-3-2-4-6-13)11-15(21)12-7-9-14(10-8-12)20(22)23/h2-10,19H,11H2,1H3. The number of Topliss-reactive ketones (excluding diaryl/α,β-unsaturated/α-hetero) is 1. The molecule has 0 aromatic heterocycles. The van der Waals surface area contributed by atoms with Crippen LogP contribution in [0.4, 0.5) is 5.69 Å². The molecule has 3 rings (SSSR count). The zero-order valence-electron chi connectivity index (χ0n) is 12.9. The molecule has 1 aliphatic rings. The number of nitro benzene ring substituents is 1. The Bertz CT molecular complexity index is 806. The minimum atomic E-state index is -0.538. The Morgan fingerprint density at radius 3 is 2.50 bits per heavy atom. The summed E-state index contributed by atoms with van der Waals surface area (Å²) in [6.45, 7) is 1.92. The van der Waals surface area contributed by atoms with E-state index in [0.717, 1.165) is 10.6 Å². The van der Waals surface area contributed by atoms with Gasteiger partial charge < -0.3 is 0 Å². The Balaban J connectivity index is 1.68. The number of carbonyl (C=O) groups excluding carboxylic acids is 1. The maximum absolute atomic E-state index is 12.5. The summed E-state index contributed by atoms with van der Waals surface area (Å²) in [7, 11) is 0. The van der Waals surface area contributed by atoms with Gasteiger partial charge in [0.15, 0.2) is 5.78 Å². The second kappa shape index (κ2) is 6.45. The fraction of sp³-hybridized carbons (Fsp3) is 0.176. The Labute approximate surface area is 143 Å². The van der Waals surface area contributed by atoms with Crippen molar-refractivity contribution in [3.8, 4) is 0 Å². The molecule has 7 heteroatoms. The second-order valence-corrected chi connectivity index (χ2v) is 7.12. The first-order valence-electron chi connectivity index (χ1n) is 7.34. The minimum absolute atomic E-state index is 0.0270. The molecule has 6 nitrogen and oxygen atoms in total. The third kappa shape index (κ3) is 3.46. The molecule has 0 saturated carbocycles. The lowest BCUT2D eigenvalue weighted by Crippen LogP contribution is -2.34. The molecular weight excluding hydrogens is 326 g/mol. The average molecular weight is 341 g/mol. The van der Waals surface area contributed by atoms with Crippen molar-refractivity contribution in [1.29, 1.82) is 0 Å². The van der Waals surface area contributed by atoms with Crippen LogP contribution in [0.5, 0.6) is 0 Å². The van der Waals surface area contributed by atoms with E-state index in [-0.39, 0.29) is 17.9 Å². The van der Waals surface area contributed by atoms with Crippen LogP contribution in [0, 0.1) is 10.1 Å². The number of nitrogens with one attached hydrogen (secondary N) is 1. The Hall–Kier alpha value is -2.67. The van der Waals surface area contributed by atoms with Gasteiger partial charge in [-0.15, -0.1) is 0 Å². The summed E-state index contributed by atoms with van der Waals surface area (Å²) in [6.07, 6.45) is 0.231. The summed E-state index contributed by atoms with van der Waals surface area (Å²) in [4.78, 5) is 22.1. The number of hydrogen-bond acceptors (Lipinski definition) is 6. The SMILES string of the molecule is CC1(CC(=O)c2ccc([N+](=O)[O-])cc2)NN=C(c2ccccc2)S1. The molecule has 1 N–H and O–H groups in total. The largest absolute Gasteiger partial charge is 0.294 e. The van der Waals surface area contributed by atoms with Gasteiger partial charge in [0.05, 0.1) is 4.92 Å². The van der Waals surface area contributed by atoms with E-state index in [2.05, 4.69) is 10.5 Å². The third-order valence-electron chi connectivity index (χ3n) is 3.63. The molecule has 1 atom stereocenters. The van der Waals surface area contributed by atoms with Gasteiger partial charge in [-0.25, -0.2) is 0 Å². The van der Waals surface area contributed by atoms with E-state index in [4.69, 9.17) is 0 Å². The first-order valence-corrected chi connectivity index (χ1v) is 8.15. The predicted octanol–water partition coefficient (Wildman–Crippen LogP) is 3.58. The maximum Gasteiger partial charge on any atom is 0.269 e. The molecule has 0 spiro atoms. The van der Waals surface area contributed by atoms with Crippen molar-refractivity contribution in [3.63, 3.8) is 0 Å². The lowest BCUT2D eigenvalue weighted by molar-refractivity contribution is -0.384. The molecule has 2 aromatic rings. The van der Waals surface area contributed by atoms with Gasteiger partial charge in [0.2, 0.25) is 0 Å². The predicted molar refractivity (Wildman–Crippen MR) is 94.2 cm³/mol. The van der Waals surface area contributed by atoms with E-state index < -0.39 is 9.79 Å². The van der Waals surface area contributed by atoms with E-state index in [1.807, 2.05) is 37.3 Å². The number of non-ortho nitro benzene ring substituents is 1. The Morgan fingerprint density at radius 2 is 1.88 bits per heavy atom. The van der Waals surface area contributed by atoms with E-state index >= 15 is 0 Å². The molecular formula is C17H15N3O3S. The molecule has 0 aliphatic carbocycles. The molecule has 122 valence electrons. The second-order valence-electron chi connectivity index (χ2n) is 5.63. The first kappa shape index (κ1) is 16.2. The zero-order valence-corrected chi connectivity index (χ0v) is 13.7. The number of rotatable bonds is 5. The molecule has 0 radical (unpaired) electrons. The number of ketones is 1. The zero-order chi connectivity index (χ0) is 17.2. The van der Waals surface area contributed by atoms with Crippen LogP contribution in [0.2, 0.25) is 0 Å². The van der Waals surface area contributed by atoms with Crippen molar-refractivity contribution in [2.75, 3.05) is 0 Å². The molecule has 0 amide bonds. The van der Waals surface area contributed by atoms with Crippen molar-refractivity contribution < 1.29 is 9.72 Å². The van der Waals surface area contributed by atoms with Crippen LogP contribution in [0.1, 0.15) is 29.3 Å². The van der Waals surface area contributed by atoms with Gasteiger partial charge in [-0.2, -0.15) is 5.10 Å². The van der Waals surface area contributed by atoms with E-state index in [1.54, 1.807) is 0 Å². The fourth-order valence-corrected chi connectivity index (χ4v) is 3.45. The Kier molecular flexibility index (Phi) is 4.35. The van der Waals surface area contributed by atoms with E-state index in [9.17, 15) is 14.9 Å². The number of hydrazone groups is 1. The summed E-state index contributed by atoms with van der Waals surface area (Å²) in [6, 6.07) is 15.4. The number of benzene rings is 2. The molecule has 0 fully saturated rings.